The Balaban J connectivity index is 1.68. The van der Waals surface area contributed by atoms with Gasteiger partial charge < -0.3 is 24.5 Å². The van der Waals surface area contributed by atoms with Crippen LogP contribution in [0.25, 0.3) is 16.7 Å². The summed E-state index contributed by atoms with van der Waals surface area (Å²) in [6.07, 6.45) is 3.45. The first-order chi connectivity index (χ1) is 16.0. The molecule has 1 aromatic heterocycles. The van der Waals surface area contributed by atoms with Gasteiger partial charge in [-0.05, 0) is 49.6 Å². The Kier molecular flexibility index (Phi) is 5.42. The molecule has 2 aliphatic heterocycles. The third-order valence-corrected chi connectivity index (χ3v) is 6.57. The van der Waals surface area contributed by atoms with E-state index in [0.29, 0.717) is 24.5 Å². The lowest BCUT2D eigenvalue weighted by atomic mass is 9.93. The molecule has 5 rings (SSSR count). The average Bonchev–Trinajstić information content (AvgIpc) is 3.54. The minimum atomic E-state index is -0.716. The zero-order valence-corrected chi connectivity index (χ0v) is 18.6. The second-order valence-corrected chi connectivity index (χ2v) is 8.56. The van der Waals surface area contributed by atoms with Crippen LogP contribution in [0.2, 0.25) is 0 Å². The fraction of sp³-hybridized carbons (Fsp3) is 0.308. The molecule has 2 fully saturated rings. The van der Waals surface area contributed by atoms with Crippen molar-refractivity contribution in [2.24, 2.45) is 0 Å². The summed E-state index contributed by atoms with van der Waals surface area (Å²) in [5, 5.41) is 12.3. The summed E-state index contributed by atoms with van der Waals surface area (Å²) < 4.78 is 11.0. The number of hydrogen-bond donors (Lipinski definition) is 2. The number of H-pyrrole nitrogens is 1. The van der Waals surface area contributed by atoms with Gasteiger partial charge in [0, 0.05) is 41.4 Å². The molecule has 0 saturated carbocycles. The number of nitrogens with one attached hydrogen (secondary N) is 1. The lowest BCUT2D eigenvalue weighted by Crippen LogP contribution is -2.36. The molecular weight excluding hydrogens is 420 g/mol. The van der Waals surface area contributed by atoms with Gasteiger partial charge in [0.15, 0.2) is 0 Å². The van der Waals surface area contributed by atoms with E-state index in [4.69, 9.17) is 9.47 Å². The highest BCUT2D eigenvalue weighted by molar-refractivity contribution is 6.46. The van der Waals surface area contributed by atoms with Crippen LogP contribution >= 0.6 is 0 Å². The number of benzene rings is 2. The maximum Gasteiger partial charge on any atom is 0.295 e. The Bertz CT molecular complexity index is 1270. The summed E-state index contributed by atoms with van der Waals surface area (Å²) in [4.78, 5) is 31.3. The molecule has 2 aliphatic rings. The van der Waals surface area contributed by atoms with E-state index in [1.54, 1.807) is 30.2 Å². The fourth-order valence-electron chi connectivity index (χ4n) is 4.89. The van der Waals surface area contributed by atoms with E-state index in [1.165, 1.54) is 0 Å². The van der Waals surface area contributed by atoms with Crippen molar-refractivity contribution in [2.75, 3.05) is 20.3 Å². The number of methoxy groups -OCH3 is 1. The number of carbonyl (C=O) groups is 2. The number of para-hydroxylation sites is 1. The third-order valence-electron chi connectivity index (χ3n) is 6.57. The van der Waals surface area contributed by atoms with Crippen LogP contribution in [0.3, 0.4) is 0 Å². The van der Waals surface area contributed by atoms with Crippen molar-refractivity contribution in [3.8, 4) is 5.75 Å². The number of Topliss-reactive ketones (excluding diaryl/α,β-unsaturated/α-hetero) is 1. The molecule has 7 heteroatoms. The predicted molar refractivity (Wildman–Crippen MR) is 124 cm³/mol. The Labute approximate surface area is 191 Å². The fourth-order valence-corrected chi connectivity index (χ4v) is 4.89. The molecule has 0 radical (unpaired) electrons. The Morgan fingerprint density at radius 3 is 2.79 bits per heavy atom. The highest BCUT2D eigenvalue weighted by atomic mass is 16.5. The van der Waals surface area contributed by atoms with Crippen molar-refractivity contribution < 1.29 is 24.2 Å². The molecule has 0 spiro atoms. The number of ketones is 1. The number of aliphatic hydroxyl groups is 1. The molecular formula is C26H26N2O5. The minimum Gasteiger partial charge on any atom is -0.507 e. The number of likely N-dealkylation sites (tertiary alicyclic amines) is 1. The van der Waals surface area contributed by atoms with Gasteiger partial charge in [0.25, 0.3) is 11.7 Å². The van der Waals surface area contributed by atoms with Crippen LogP contribution in [0.1, 0.15) is 35.6 Å². The lowest BCUT2D eigenvalue weighted by Gasteiger charge is -2.27. The molecule has 0 aliphatic carbocycles. The van der Waals surface area contributed by atoms with Crippen LogP contribution in [0.4, 0.5) is 0 Å². The molecule has 7 nitrogen and oxygen atoms in total. The van der Waals surface area contributed by atoms with E-state index < -0.39 is 17.7 Å². The number of aliphatic hydroxyl groups excluding tert-OH is 1. The standard InChI is InChI=1S/C26H26N2O5/c1-15-12-16(32-2)9-10-18(15)24(29)22-23(20-13-27-21-8-4-3-7-19(20)21)28(26(31)25(22)30)14-17-6-5-11-33-17/h3-4,7-10,12-13,17,23,27,29H,5-6,11,14H2,1-2H3/b24-22+. The molecule has 1 amide bonds. The second-order valence-electron chi connectivity index (χ2n) is 8.56. The summed E-state index contributed by atoms with van der Waals surface area (Å²) in [5.74, 6) is -0.834. The summed E-state index contributed by atoms with van der Waals surface area (Å²) in [5.41, 5.74) is 3.01. The van der Waals surface area contributed by atoms with Crippen molar-refractivity contribution in [2.45, 2.75) is 31.9 Å². The summed E-state index contributed by atoms with van der Waals surface area (Å²) in [7, 11) is 1.57. The molecule has 33 heavy (non-hydrogen) atoms. The van der Waals surface area contributed by atoms with Gasteiger partial charge in [-0.25, -0.2) is 0 Å². The number of aromatic amines is 1. The number of hydrogen-bond acceptors (Lipinski definition) is 5. The number of aryl methyl sites for hydroxylation is 1. The lowest BCUT2D eigenvalue weighted by molar-refractivity contribution is -0.140. The van der Waals surface area contributed by atoms with Gasteiger partial charge in [-0.15, -0.1) is 0 Å². The average molecular weight is 447 g/mol. The van der Waals surface area contributed by atoms with Crippen LogP contribution < -0.4 is 4.74 Å². The van der Waals surface area contributed by atoms with Crippen LogP contribution in [-0.2, 0) is 14.3 Å². The Morgan fingerprint density at radius 2 is 2.06 bits per heavy atom. The summed E-state index contributed by atoms with van der Waals surface area (Å²) in [6, 6.07) is 12.2. The van der Waals surface area contributed by atoms with E-state index in [1.807, 2.05) is 37.4 Å². The van der Waals surface area contributed by atoms with E-state index in [0.717, 1.165) is 34.9 Å². The molecule has 2 unspecified atom stereocenters. The predicted octanol–water partition coefficient (Wildman–Crippen LogP) is 4.09. The highest BCUT2D eigenvalue weighted by Crippen LogP contribution is 2.43. The largest absolute Gasteiger partial charge is 0.507 e. The SMILES string of the molecule is COc1ccc(/C(O)=C2\C(=O)C(=O)N(CC3CCCO3)C2c2c[nH]c3ccccc23)c(C)c1. The zero-order valence-electron chi connectivity index (χ0n) is 18.6. The van der Waals surface area contributed by atoms with Gasteiger partial charge >= 0.3 is 0 Å². The van der Waals surface area contributed by atoms with Crippen LogP contribution in [0, 0.1) is 6.92 Å². The normalized spacial score (nSPS) is 22.4. The number of aromatic nitrogens is 1. The first-order valence-electron chi connectivity index (χ1n) is 11.1. The van der Waals surface area contributed by atoms with Gasteiger partial charge in [-0.3, -0.25) is 9.59 Å². The Morgan fingerprint density at radius 1 is 1.24 bits per heavy atom. The molecule has 2 atom stereocenters. The van der Waals surface area contributed by atoms with Crippen molar-refractivity contribution in [3.63, 3.8) is 0 Å². The van der Waals surface area contributed by atoms with Crippen molar-refractivity contribution >= 4 is 28.4 Å². The van der Waals surface area contributed by atoms with Crippen LogP contribution in [0.15, 0.2) is 54.2 Å². The Hall–Kier alpha value is -3.58. The van der Waals surface area contributed by atoms with E-state index in [-0.39, 0.29) is 17.4 Å². The third kappa shape index (κ3) is 3.58. The van der Waals surface area contributed by atoms with Gasteiger partial charge in [0.05, 0.1) is 24.8 Å². The monoisotopic (exact) mass is 446 g/mol. The van der Waals surface area contributed by atoms with Gasteiger partial charge in [-0.1, -0.05) is 18.2 Å². The molecule has 2 N–H and O–H groups in total. The molecule has 170 valence electrons. The number of ether oxygens (including phenoxy) is 2. The number of carbonyl (C=O) groups excluding carboxylic acids is 2. The highest BCUT2D eigenvalue weighted by Gasteiger charge is 2.47. The maximum atomic E-state index is 13.3. The quantitative estimate of drug-likeness (QED) is 0.350. The van der Waals surface area contributed by atoms with Gasteiger partial charge in [0.1, 0.15) is 11.5 Å². The molecule has 2 aromatic carbocycles. The van der Waals surface area contributed by atoms with Crippen molar-refractivity contribution in [1.29, 1.82) is 0 Å². The summed E-state index contributed by atoms with van der Waals surface area (Å²) >= 11 is 0. The maximum absolute atomic E-state index is 13.3. The second kappa shape index (κ2) is 8.41. The first-order valence-corrected chi connectivity index (χ1v) is 11.1. The smallest absolute Gasteiger partial charge is 0.295 e. The molecule has 3 aromatic rings. The van der Waals surface area contributed by atoms with Crippen LogP contribution in [-0.4, -0.2) is 53.0 Å². The van der Waals surface area contributed by atoms with Crippen molar-refractivity contribution in [3.05, 3.63) is 70.9 Å². The van der Waals surface area contributed by atoms with Gasteiger partial charge in [0.2, 0.25) is 0 Å². The molecule has 0 bridgehead atoms. The number of nitrogens with zero attached hydrogens (tertiary/aromatic N) is 1. The minimum absolute atomic E-state index is 0.0935. The molecule has 2 saturated heterocycles. The van der Waals surface area contributed by atoms with E-state index in [9.17, 15) is 14.7 Å². The van der Waals surface area contributed by atoms with Crippen LogP contribution in [0.5, 0.6) is 5.75 Å². The van der Waals surface area contributed by atoms with Gasteiger partial charge in [-0.2, -0.15) is 0 Å². The number of fused-ring (bicyclic) bond motifs is 1. The van der Waals surface area contributed by atoms with Crippen molar-refractivity contribution in [1.82, 2.24) is 9.88 Å². The van der Waals surface area contributed by atoms with E-state index >= 15 is 0 Å². The topological polar surface area (TPSA) is 91.9 Å². The summed E-state index contributed by atoms with van der Waals surface area (Å²) in [6.45, 7) is 2.78. The van der Waals surface area contributed by atoms with E-state index in [2.05, 4.69) is 4.98 Å². The number of rotatable bonds is 5. The zero-order chi connectivity index (χ0) is 23.1. The number of amides is 1. The first kappa shape index (κ1) is 21.3. The molecule has 3 heterocycles.